The molecule has 0 fully saturated rings. The van der Waals surface area contributed by atoms with Gasteiger partial charge in [-0.05, 0) is 6.42 Å². The van der Waals surface area contributed by atoms with Gasteiger partial charge in [-0.1, -0.05) is 34.2 Å². The molecule has 1 unspecified atom stereocenters. The lowest BCUT2D eigenvalue weighted by Crippen LogP contribution is -2.11. The second kappa shape index (κ2) is 4.51. The van der Waals surface area contributed by atoms with Crippen LogP contribution in [0.15, 0.2) is 48.3 Å². The maximum atomic E-state index is 5.38. The van der Waals surface area contributed by atoms with Crippen molar-refractivity contribution in [3.05, 3.63) is 48.3 Å². The zero-order valence-corrected chi connectivity index (χ0v) is 9.24. The van der Waals surface area contributed by atoms with Crippen molar-refractivity contribution in [3.63, 3.8) is 0 Å². The fourth-order valence-electron chi connectivity index (χ4n) is 1.51. The summed E-state index contributed by atoms with van der Waals surface area (Å²) in [5, 5.41) is 0.938. The molecule has 2 rings (SSSR count). The molecule has 1 atom stereocenters. The molecule has 3 heteroatoms. The Morgan fingerprint density at radius 1 is 1.43 bits per heavy atom. The first-order valence-corrected chi connectivity index (χ1v) is 5.64. The number of ether oxygens (including phenoxy) is 2. The number of halogens is 1. The van der Waals surface area contributed by atoms with E-state index in [1.807, 2.05) is 0 Å². The fourth-order valence-corrected chi connectivity index (χ4v) is 2.12. The number of allylic oxidation sites excluding steroid dienone is 4. The predicted molar refractivity (Wildman–Crippen MR) is 58.5 cm³/mol. The van der Waals surface area contributed by atoms with E-state index in [1.54, 1.807) is 12.5 Å². The molecule has 0 amide bonds. The molecule has 0 bridgehead atoms. The van der Waals surface area contributed by atoms with E-state index in [0.29, 0.717) is 5.92 Å². The van der Waals surface area contributed by atoms with E-state index in [-0.39, 0.29) is 0 Å². The summed E-state index contributed by atoms with van der Waals surface area (Å²) in [7, 11) is 0. The topological polar surface area (TPSA) is 18.5 Å². The van der Waals surface area contributed by atoms with Crippen LogP contribution in [0.2, 0.25) is 0 Å². The van der Waals surface area contributed by atoms with Gasteiger partial charge in [0.2, 0.25) is 0 Å². The Balaban J connectivity index is 2.18. The molecule has 0 aromatic rings. The Morgan fingerprint density at radius 3 is 3.07 bits per heavy atom. The number of alkyl halides is 1. The molecule has 0 aromatic heterocycles. The predicted octanol–water partition coefficient (Wildman–Crippen LogP) is 3.24. The first-order chi connectivity index (χ1) is 6.92. The van der Waals surface area contributed by atoms with Crippen LogP contribution in [-0.2, 0) is 9.47 Å². The summed E-state index contributed by atoms with van der Waals surface area (Å²) in [6, 6.07) is 0. The van der Waals surface area contributed by atoms with Crippen molar-refractivity contribution in [3.8, 4) is 0 Å². The minimum Gasteiger partial charge on any atom is -0.466 e. The van der Waals surface area contributed by atoms with Crippen molar-refractivity contribution < 1.29 is 9.47 Å². The van der Waals surface area contributed by atoms with Crippen LogP contribution in [0.5, 0.6) is 0 Å². The Kier molecular flexibility index (Phi) is 3.09. The highest BCUT2D eigenvalue weighted by Gasteiger charge is 2.19. The van der Waals surface area contributed by atoms with E-state index in [9.17, 15) is 0 Å². The van der Waals surface area contributed by atoms with Crippen LogP contribution in [0.1, 0.15) is 6.42 Å². The van der Waals surface area contributed by atoms with Gasteiger partial charge in [0.05, 0.1) is 0 Å². The van der Waals surface area contributed by atoms with Gasteiger partial charge in [-0.25, -0.2) is 0 Å². The van der Waals surface area contributed by atoms with Crippen molar-refractivity contribution in [1.29, 1.82) is 0 Å². The molecule has 14 heavy (non-hydrogen) atoms. The first kappa shape index (κ1) is 9.59. The van der Waals surface area contributed by atoms with Gasteiger partial charge in [0.15, 0.2) is 5.76 Å². The first-order valence-electron chi connectivity index (χ1n) is 4.52. The lowest BCUT2D eigenvalue weighted by atomic mass is 9.92. The summed E-state index contributed by atoms with van der Waals surface area (Å²) in [5.41, 5.74) is 1.19. The molecular formula is C11H11BrO2. The summed E-state index contributed by atoms with van der Waals surface area (Å²) < 4.78 is 10.5. The molecule has 1 aliphatic carbocycles. The van der Waals surface area contributed by atoms with E-state index in [1.165, 1.54) is 11.8 Å². The average molecular weight is 255 g/mol. The molecule has 0 aromatic carbocycles. The van der Waals surface area contributed by atoms with Crippen LogP contribution in [0, 0.1) is 5.92 Å². The van der Waals surface area contributed by atoms with Crippen LogP contribution in [0.3, 0.4) is 0 Å². The molecule has 1 heterocycles. The molecule has 2 nitrogen and oxygen atoms in total. The van der Waals surface area contributed by atoms with E-state index in [4.69, 9.17) is 9.47 Å². The van der Waals surface area contributed by atoms with Gasteiger partial charge in [-0.15, -0.1) is 0 Å². The summed E-state index contributed by atoms with van der Waals surface area (Å²) >= 11 is 3.50. The lowest BCUT2D eigenvalue weighted by Gasteiger charge is -2.21. The van der Waals surface area contributed by atoms with Crippen molar-refractivity contribution in [2.75, 3.05) is 5.33 Å². The van der Waals surface area contributed by atoms with Crippen LogP contribution in [-0.4, -0.2) is 5.33 Å². The minimum absolute atomic E-state index is 0.473. The summed E-state index contributed by atoms with van der Waals surface area (Å²) in [4.78, 5) is 0. The number of hydrogen-bond donors (Lipinski definition) is 0. The maximum Gasteiger partial charge on any atom is 0.165 e. The van der Waals surface area contributed by atoms with Gasteiger partial charge >= 0.3 is 0 Å². The van der Waals surface area contributed by atoms with Crippen LogP contribution < -0.4 is 0 Å². The largest absolute Gasteiger partial charge is 0.466 e. The average Bonchev–Trinajstić information content (AvgIpc) is 2.30. The standard InChI is InChI=1S/C11H11BrO2/c12-7-9-3-1-2-4-10(9)11-8-13-5-6-14-11/h1-2,4-6,8-9H,3,7H2. The van der Waals surface area contributed by atoms with Gasteiger partial charge in [-0.3, -0.25) is 0 Å². The van der Waals surface area contributed by atoms with Gasteiger partial charge in [0.25, 0.3) is 0 Å². The highest BCUT2D eigenvalue weighted by Crippen LogP contribution is 2.30. The smallest absolute Gasteiger partial charge is 0.165 e. The molecule has 0 spiro atoms. The van der Waals surface area contributed by atoms with Gasteiger partial charge in [-0.2, -0.15) is 0 Å². The van der Waals surface area contributed by atoms with Gasteiger partial charge in [0.1, 0.15) is 18.8 Å². The van der Waals surface area contributed by atoms with E-state index < -0.39 is 0 Å². The molecule has 0 saturated carbocycles. The maximum absolute atomic E-state index is 5.38. The number of hydrogen-bond acceptors (Lipinski definition) is 2. The zero-order valence-electron chi connectivity index (χ0n) is 7.65. The second-order valence-corrected chi connectivity index (χ2v) is 3.79. The van der Waals surface area contributed by atoms with Crippen LogP contribution in [0.25, 0.3) is 0 Å². The molecule has 0 radical (unpaired) electrons. The fraction of sp³-hybridized carbons (Fsp3) is 0.273. The Bertz CT molecular complexity index is 326. The molecule has 0 saturated heterocycles. The summed E-state index contributed by atoms with van der Waals surface area (Å²) in [6.07, 6.45) is 12.0. The van der Waals surface area contributed by atoms with Crippen LogP contribution >= 0.6 is 15.9 Å². The highest BCUT2D eigenvalue weighted by atomic mass is 79.9. The third-order valence-corrected chi connectivity index (χ3v) is 3.03. The van der Waals surface area contributed by atoms with Crippen LogP contribution in [0.4, 0.5) is 0 Å². The highest BCUT2D eigenvalue weighted by molar-refractivity contribution is 9.09. The second-order valence-electron chi connectivity index (χ2n) is 3.15. The summed E-state index contributed by atoms with van der Waals surface area (Å²) in [6.45, 7) is 0. The Hall–Kier alpha value is -0.960. The normalized spacial score (nSPS) is 24.8. The SMILES string of the molecule is BrCC1CC=CC=C1C1=COC=CO1. The Morgan fingerprint density at radius 2 is 2.36 bits per heavy atom. The lowest BCUT2D eigenvalue weighted by molar-refractivity contribution is 0.259. The molecule has 74 valence electrons. The van der Waals surface area contributed by atoms with Crippen molar-refractivity contribution >= 4 is 15.9 Å². The Labute approximate surface area is 91.7 Å². The van der Waals surface area contributed by atoms with Crippen molar-refractivity contribution in [2.24, 2.45) is 5.92 Å². The molecular weight excluding hydrogens is 244 g/mol. The monoisotopic (exact) mass is 254 g/mol. The van der Waals surface area contributed by atoms with Gasteiger partial charge in [0, 0.05) is 16.8 Å². The summed E-state index contributed by atoms with van der Waals surface area (Å²) in [5.74, 6) is 1.28. The van der Waals surface area contributed by atoms with Crippen molar-refractivity contribution in [1.82, 2.24) is 0 Å². The quantitative estimate of drug-likeness (QED) is 0.705. The van der Waals surface area contributed by atoms with Gasteiger partial charge < -0.3 is 9.47 Å². The zero-order chi connectivity index (χ0) is 9.80. The minimum atomic E-state index is 0.473. The molecule has 0 N–H and O–H groups in total. The molecule has 2 aliphatic rings. The van der Waals surface area contributed by atoms with E-state index in [2.05, 4.69) is 34.2 Å². The number of rotatable bonds is 2. The molecule has 1 aliphatic heterocycles. The third kappa shape index (κ3) is 1.93. The van der Waals surface area contributed by atoms with E-state index in [0.717, 1.165) is 17.5 Å². The van der Waals surface area contributed by atoms with Crippen molar-refractivity contribution in [2.45, 2.75) is 6.42 Å². The third-order valence-electron chi connectivity index (χ3n) is 2.25. The van der Waals surface area contributed by atoms with E-state index >= 15 is 0 Å².